The van der Waals surface area contributed by atoms with Crippen molar-refractivity contribution in [2.75, 3.05) is 0 Å². The Morgan fingerprint density at radius 3 is 2.63 bits per heavy atom. The van der Waals surface area contributed by atoms with Gasteiger partial charge in [-0.15, -0.1) is 0 Å². The average Bonchev–Trinajstić information content (AvgIpc) is 3.44. The van der Waals surface area contributed by atoms with Gasteiger partial charge in [0.15, 0.2) is 5.76 Å². The number of carbonyl (C=O) groups is 1. The quantitative estimate of drug-likeness (QED) is 0.149. The lowest BCUT2D eigenvalue weighted by Crippen LogP contribution is -2.16. The summed E-state index contributed by atoms with van der Waals surface area (Å²) >= 11 is 5.99. The first-order valence-corrected chi connectivity index (χ1v) is 11.8. The van der Waals surface area contributed by atoms with Gasteiger partial charge >= 0.3 is 5.91 Å². The van der Waals surface area contributed by atoms with Crippen LogP contribution in [-0.2, 0) is 0 Å². The Bertz CT molecular complexity index is 1690. The molecular weight excluding hydrogens is 510 g/mol. The summed E-state index contributed by atoms with van der Waals surface area (Å²) in [7, 11) is 0. The molecule has 0 saturated heterocycles. The number of furan rings is 1. The number of rotatable bonds is 7. The number of aromatic nitrogens is 2. The molecule has 0 unspecified atom stereocenters. The molecule has 0 spiro atoms. The van der Waals surface area contributed by atoms with Gasteiger partial charge in [0.05, 0.1) is 11.1 Å². The molecule has 1 amide bonds. The van der Waals surface area contributed by atoms with E-state index >= 15 is 0 Å². The highest BCUT2D eigenvalue weighted by Gasteiger charge is 2.13. The molecule has 0 fully saturated rings. The standard InChI is InChI=1S/C27H20ClN5O5/c1-16-11-19(14-30-31-27(34)25-13-18-12-20(28)3-9-24(18)38-25)17(2)32(16)21-4-7-23(8-5-21)37-26-10-6-22(15-29-26)33(35)36/h3-15H,1-2H3,(H,31,34)/b30-14+. The van der Waals surface area contributed by atoms with E-state index in [0.29, 0.717) is 16.4 Å². The van der Waals surface area contributed by atoms with Gasteiger partial charge in [0.25, 0.3) is 5.69 Å². The topological polar surface area (TPSA) is 125 Å². The summed E-state index contributed by atoms with van der Waals surface area (Å²) in [6.45, 7) is 3.91. The van der Waals surface area contributed by atoms with Gasteiger partial charge in [-0.3, -0.25) is 14.9 Å². The molecule has 38 heavy (non-hydrogen) atoms. The van der Waals surface area contributed by atoms with Crippen molar-refractivity contribution < 1.29 is 18.9 Å². The minimum absolute atomic E-state index is 0.106. The van der Waals surface area contributed by atoms with Crippen LogP contribution in [0.15, 0.2) is 82.4 Å². The first-order chi connectivity index (χ1) is 18.3. The molecule has 0 saturated carbocycles. The van der Waals surface area contributed by atoms with Crippen molar-refractivity contribution in [2.24, 2.45) is 5.10 Å². The monoisotopic (exact) mass is 529 g/mol. The number of ether oxygens (including phenoxy) is 1. The first-order valence-electron chi connectivity index (χ1n) is 11.4. The highest BCUT2D eigenvalue weighted by atomic mass is 35.5. The summed E-state index contributed by atoms with van der Waals surface area (Å²) in [4.78, 5) is 26.7. The van der Waals surface area contributed by atoms with Crippen LogP contribution in [-0.4, -0.2) is 26.6 Å². The number of aryl methyl sites for hydroxylation is 1. The second kappa shape index (κ2) is 10.2. The number of nitro groups is 1. The number of carbonyl (C=O) groups excluding carboxylic acids is 1. The minimum Gasteiger partial charge on any atom is -0.451 e. The second-order valence-electron chi connectivity index (χ2n) is 8.36. The normalized spacial score (nSPS) is 11.2. The molecule has 0 aliphatic rings. The maximum absolute atomic E-state index is 12.5. The lowest BCUT2D eigenvalue weighted by atomic mass is 10.2. The summed E-state index contributed by atoms with van der Waals surface area (Å²) < 4.78 is 13.3. The second-order valence-corrected chi connectivity index (χ2v) is 8.80. The average molecular weight is 530 g/mol. The number of hydrogen-bond donors (Lipinski definition) is 1. The van der Waals surface area contributed by atoms with Gasteiger partial charge in [-0.05, 0) is 68.4 Å². The number of pyridine rings is 1. The Kier molecular flexibility index (Phi) is 6.63. The van der Waals surface area contributed by atoms with Crippen molar-refractivity contribution in [3.63, 3.8) is 0 Å². The van der Waals surface area contributed by atoms with Crippen molar-refractivity contribution >= 4 is 40.4 Å². The third-order valence-electron chi connectivity index (χ3n) is 5.79. The molecule has 5 aromatic rings. The van der Waals surface area contributed by atoms with Crippen LogP contribution in [0.4, 0.5) is 5.69 Å². The smallest absolute Gasteiger partial charge is 0.307 e. The molecule has 2 aromatic carbocycles. The highest BCUT2D eigenvalue weighted by Crippen LogP contribution is 2.26. The zero-order chi connectivity index (χ0) is 26.8. The van der Waals surface area contributed by atoms with Gasteiger partial charge in [0, 0.05) is 45.2 Å². The van der Waals surface area contributed by atoms with Crippen LogP contribution < -0.4 is 10.2 Å². The van der Waals surface area contributed by atoms with Gasteiger partial charge in [0.2, 0.25) is 5.88 Å². The van der Waals surface area contributed by atoms with Gasteiger partial charge in [-0.25, -0.2) is 10.4 Å². The molecule has 5 rings (SSSR count). The van der Waals surface area contributed by atoms with E-state index in [9.17, 15) is 14.9 Å². The van der Waals surface area contributed by atoms with Crippen molar-refractivity contribution in [3.8, 4) is 17.3 Å². The lowest BCUT2D eigenvalue weighted by Gasteiger charge is -2.11. The predicted octanol–water partition coefficient (Wildman–Crippen LogP) is 6.35. The molecule has 0 aliphatic heterocycles. The number of amides is 1. The van der Waals surface area contributed by atoms with Crippen molar-refractivity contribution in [1.29, 1.82) is 0 Å². The largest absolute Gasteiger partial charge is 0.451 e. The summed E-state index contributed by atoms with van der Waals surface area (Å²) in [6, 6.07) is 18.8. The fourth-order valence-electron chi connectivity index (χ4n) is 3.98. The number of hydrazone groups is 1. The van der Waals surface area contributed by atoms with Crippen LogP contribution >= 0.6 is 11.6 Å². The molecular formula is C27H20ClN5O5. The number of hydrogen-bond acceptors (Lipinski definition) is 7. The summed E-state index contributed by atoms with van der Waals surface area (Å²) in [5.41, 5.74) is 6.56. The highest BCUT2D eigenvalue weighted by molar-refractivity contribution is 6.31. The maximum Gasteiger partial charge on any atom is 0.307 e. The van der Waals surface area contributed by atoms with Gasteiger partial charge < -0.3 is 13.7 Å². The fourth-order valence-corrected chi connectivity index (χ4v) is 4.16. The summed E-state index contributed by atoms with van der Waals surface area (Å²) in [5, 5.41) is 16.2. The Labute approximate surface area is 221 Å². The van der Waals surface area contributed by atoms with E-state index in [4.69, 9.17) is 20.8 Å². The molecule has 0 atom stereocenters. The van der Waals surface area contributed by atoms with Crippen molar-refractivity contribution in [3.05, 3.63) is 111 Å². The predicted molar refractivity (Wildman–Crippen MR) is 142 cm³/mol. The van der Waals surface area contributed by atoms with Crippen LogP contribution in [0.2, 0.25) is 5.02 Å². The molecule has 3 aromatic heterocycles. The SMILES string of the molecule is Cc1cc(/C=N/NC(=O)c2cc3cc(Cl)ccc3o2)c(C)n1-c1ccc(Oc2ccc([N+](=O)[O-])cn2)cc1. The first kappa shape index (κ1) is 24.7. The van der Waals surface area contributed by atoms with Gasteiger partial charge in [0.1, 0.15) is 17.5 Å². The van der Waals surface area contributed by atoms with E-state index < -0.39 is 10.8 Å². The minimum atomic E-state index is -0.516. The molecule has 10 nitrogen and oxygen atoms in total. The van der Waals surface area contributed by atoms with E-state index in [1.54, 1.807) is 42.6 Å². The number of fused-ring (bicyclic) bond motifs is 1. The van der Waals surface area contributed by atoms with Crippen LogP contribution in [0.1, 0.15) is 27.5 Å². The third-order valence-corrected chi connectivity index (χ3v) is 6.03. The van der Waals surface area contributed by atoms with Gasteiger partial charge in [-0.2, -0.15) is 5.10 Å². The molecule has 190 valence electrons. The van der Waals surface area contributed by atoms with Crippen molar-refractivity contribution in [1.82, 2.24) is 15.0 Å². The van der Waals surface area contributed by atoms with E-state index in [-0.39, 0.29) is 17.3 Å². The molecule has 1 N–H and O–H groups in total. The Morgan fingerprint density at radius 1 is 1.13 bits per heavy atom. The molecule has 11 heteroatoms. The van der Waals surface area contributed by atoms with E-state index in [1.165, 1.54) is 12.1 Å². The number of nitrogens with one attached hydrogen (secondary N) is 1. The van der Waals surface area contributed by atoms with Crippen LogP contribution in [0.5, 0.6) is 11.6 Å². The number of nitrogens with zero attached hydrogens (tertiary/aromatic N) is 4. The summed E-state index contributed by atoms with van der Waals surface area (Å²) in [6.07, 6.45) is 2.72. The van der Waals surface area contributed by atoms with E-state index in [2.05, 4.69) is 15.5 Å². The van der Waals surface area contributed by atoms with Crippen LogP contribution in [0, 0.1) is 24.0 Å². The number of benzene rings is 2. The van der Waals surface area contributed by atoms with Crippen LogP contribution in [0.25, 0.3) is 16.7 Å². The number of halogens is 1. The summed E-state index contributed by atoms with van der Waals surface area (Å²) in [5.74, 6) is 0.454. The molecule has 0 aliphatic carbocycles. The molecule has 0 bridgehead atoms. The maximum atomic E-state index is 12.5. The van der Waals surface area contributed by atoms with E-state index in [0.717, 1.165) is 34.2 Å². The fraction of sp³-hybridized carbons (Fsp3) is 0.0741. The molecule has 3 heterocycles. The Balaban J connectivity index is 1.27. The van der Waals surface area contributed by atoms with E-state index in [1.807, 2.05) is 36.6 Å². The lowest BCUT2D eigenvalue weighted by molar-refractivity contribution is -0.385. The van der Waals surface area contributed by atoms with Crippen molar-refractivity contribution in [2.45, 2.75) is 13.8 Å². The molecule has 0 radical (unpaired) electrons. The van der Waals surface area contributed by atoms with Crippen LogP contribution in [0.3, 0.4) is 0 Å². The Morgan fingerprint density at radius 2 is 1.92 bits per heavy atom. The zero-order valence-corrected chi connectivity index (χ0v) is 21.0. The Hall–Kier alpha value is -4.96. The van der Waals surface area contributed by atoms with Gasteiger partial charge in [-0.1, -0.05) is 11.6 Å². The zero-order valence-electron chi connectivity index (χ0n) is 20.2. The third kappa shape index (κ3) is 5.11.